The van der Waals surface area contributed by atoms with Crippen molar-refractivity contribution in [2.75, 3.05) is 25.5 Å². The van der Waals surface area contributed by atoms with Gasteiger partial charge in [-0.3, -0.25) is 4.79 Å². The van der Waals surface area contributed by atoms with Crippen LogP contribution in [0.3, 0.4) is 0 Å². The molecule has 29 heavy (non-hydrogen) atoms. The molecular formula is C22H30N2O4S. The number of nitrogens with one attached hydrogen (secondary N) is 1. The van der Waals surface area contributed by atoms with E-state index in [1.54, 1.807) is 26.0 Å². The first-order valence-corrected chi connectivity index (χ1v) is 11.3. The predicted octanol–water partition coefficient (Wildman–Crippen LogP) is 3.78. The van der Waals surface area contributed by atoms with Crippen molar-refractivity contribution < 1.29 is 17.9 Å². The fraction of sp³-hybridized carbons (Fsp3) is 0.409. The van der Waals surface area contributed by atoms with Crippen molar-refractivity contribution in [1.82, 2.24) is 4.31 Å². The molecule has 6 nitrogen and oxygen atoms in total. The number of amides is 1. The highest BCUT2D eigenvalue weighted by molar-refractivity contribution is 7.89. The first-order valence-electron chi connectivity index (χ1n) is 9.83. The van der Waals surface area contributed by atoms with Crippen molar-refractivity contribution in [3.63, 3.8) is 0 Å². The smallest absolute Gasteiger partial charge is 0.243 e. The van der Waals surface area contributed by atoms with E-state index in [-0.39, 0.29) is 23.9 Å². The van der Waals surface area contributed by atoms with E-state index >= 15 is 0 Å². The molecule has 0 atom stereocenters. The van der Waals surface area contributed by atoms with Crippen LogP contribution in [0.2, 0.25) is 0 Å². The number of carbonyl (C=O) groups is 1. The van der Waals surface area contributed by atoms with Crippen LogP contribution in [0.5, 0.6) is 5.75 Å². The number of hydrogen-bond donors (Lipinski definition) is 1. The Morgan fingerprint density at radius 3 is 2.17 bits per heavy atom. The standard InChI is InChI=1S/C22H30N2O4S/c1-6-17-10-9-11-18(7-2)22(17)23-21(25)15-24(8-3)29(26,27)19-12-13-20(28-5)16(4)14-19/h9-14H,6-8,15H2,1-5H3,(H,23,25). The lowest BCUT2D eigenvalue weighted by atomic mass is 10.0. The van der Waals surface area contributed by atoms with Gasteiger partial charge >= 0.3 is 0 Å². The number of aryl methyl sites for hydroxylation is 3. The summed E-state index contributed by atoms with van der Waals surface area (Å²) in [6.07, 6.45) is 1.56. The van der Waals surface area contributed by atoms with E-state index in [4.69, 9.17) is 4.74 Å². The normalized spacial score (nSPS) is 11.5. The Morgan fingerprint density at radius 2 is 1.69 bits per heavy atom. The number of hydrogen-bond acceptors (Lipinski definition) is 4. The third-order valence-corrected chi connectivity index (χ3v) is 6.86. The van der Waals surface area contributed by atoms with Gasteiger partial charge in [0.05, 0.1) is 18.6 Å². The third-order valence-electron chi connectivity index (χ3n) is 4.94. The first kappa shape index (κ1) is 22.9. The highest BCUT2D eigenvalue weighted by Gasteiger charge is 2.26. The van der Waals surface area contributed by atoms with Crippen LogP contribution in [0.4, 0.5) is 5.69 Å². The molecule has 2 aromatic carbocycles. The Kier molecular flexibility index (Phi) is 7.81. The summed E-state index contributed by atoms with van der Waals surface area (Å²) in [4.78, 5) is 12.9. The number of carbonyl (C=O) groups excluding carboxylic acids is 1. The summed E-state index contributed by atoms with van der Waals surface area (Å²) >= 11 is 0. The minimum Gasteiger partial charge on any atom is -0.496 e. The van der Waals surface area contributed by atoms with Crippen LogP contribution in [0.1, 0.15) is 37.5 Å². The lowest BCUT2D eigenvalue weighted by Crippen LogP contribution is -2.38. The van der Waals surface area contributed by atoms with Gasteiger partial charge in [-0.15, -0.1) is 0 Å². The number of ether oxygens (including phenoxy) is 1. The molecule has 0 saturated heterocycles. The van der Waals surface area contributed by atoms with Crippen LogP contribution in [0.15, 0.2) is 41.3 Å². The van der Waals surface area contributed by atoms with Gasteiger partial charge in [-0.2, -0.15) is 4.31 Å². The maximum atomic E-state index is 13.1. The minimum absolute atomic E-state index is 0.147. The van der Waals surface area contributed by atoms with E-state index in [1.807, 2.05) is 32.0 Å². The van der Waals surface area contributed by atoms with Crippen LogP contribution in [-0.2, 0) is 27.7 Å². The molecule has 2 aromatic rings. The van der Waals surface area contributed by atoms with Gasteiger partial charge in [0.2, 0.25) is 15.9 Å². The van der Waals surface area contributed by atoms with E-state index in [2.05, 4.69) is 5.32 Å². The molecule has 0 bridgehead atoms. The molecule has 0 aromatic heterocycles. The monoisotopic (exact) mass is 418 g/mol. The van der Waals surface area contributed by atoms with Crippen LogP contribution < -0.4 is 10.1 Å². The summed E-state index contributed by atoms with van der Waals surface area (Å²) in [6.45, 7) is 7.51. The Labute approximate surface area is 173 Å². The fourth-order valence-electron chi connectivity index (χ4n) is 3.27. The van der Waals surface area contributed by atoms with E-state index in [9.17, 15) is 13.2 Å². The molecule has 0 heterocycles. The number of likely N-dealkylation sites (N-methyl/N-ethyl adjacent to an activating group) is 1. The molecule has 158 valence electrons. The molecule has 2 rings (SSSR count). The van der Waals surface area contributed by atoms with Gasteiger partial charge in [0.1, 0.15) is 5.75 Å². The number of rotatable bonds is 9. The molecule has 0 fully saturated rings. The molecule has 1 amide bonds. The molecule has 7 heteroatoms. The highest BCUT2D eigenvalue weighted by atomic mass is 32.2. The zero-order chi connectivity index (χ0) is 21.6. The van der Waals surface area contributed by atoms with E-state index < -0.39 is 10.0 Å². The maximum Gasteiger partial charge on any atom is 0.243 e. The van der Waals surface area contributed by atoms with Crippen molar-refractivity contribution in [2.24, 2.45) is 0 Å². The molecule has 0 aliphatic heterocycles. The third kappa shape index (κ3) is 5.16. The second kappa shape index (κ2) is 9.89. The van der Waals surface area contributed by atoms with Crippen LogP contribution >= 0.6 is 0 Å². The number of nitrogens with zero attached hydrogens (tertiary/aromatic N) is 1. The average molecular weight is 419 g/mol. The van der Waals surface area contributed by atoms with Gasteiger partial charge in [0.25, 0.3) is 0 Å². The molecule has 1 N–H and O–H groups in total. The predicted molar refractivity (Wildman–Crippen MR) is 116 cm³/mol. The Bertz CT molecular complexity index is 949. The average Bonchev–Trinajstić information content (AvgIpc) is 2.71. The van der Waals surface area contributed by atoms with Gasteiger partial charge in [0.15, 0.2) is 0 Å². The Hall–Kier alpha value is -2.38. The number of para-hydroxylation sites is 1. The van der Waals surface area contributed by atoms with Crippen molar-refractivity contribution in [2.45, 2.75) is 45.4 Å². The van der Waals surface area contributed by atoms with Crippen molar-refractivity contribution >= 4 is 21.6 Å². The number of methoxy groups -OCH3 is 1. The molecule has 0 unspecified atom stereocenters. The zero-order valence-corrected chi connectivity index (χ0v) is 18.6. The van der Waals surface area contributed by atoms with Crippen LogP contribution in [0, 0.1) is 6.92 Å². The number of anilines is 1. The van der Waals surface area contributed by atoms with Crippen molar-refractivity contribution in [1.29, 1.82) is 0 Å². The quantitative estimate of drug-likeness (QED) is 0.672. The summed E-state index contributed by atoms with van der Waals surface area (Å²) in [5.74, 6) is 0.268. The van der Waals surface area contributed by atoms with Crippen LogP contribution in [0.25, 0.3) is 0 Å². The van der Waals surface area contributed by atoms with Crippen molar-refractivity contribution in [3.8, 4) is 5.75 Å². The second-order valence-electron chi connectivity index (χ2n) is 6.77. The van der Waals surface area contributed by atoms with Gasteiger partial charge in [-0.25, -0.2) is 8.42 Å². The zero-order valence-electron chi connectivity index (χ0n) is 17.8. The molecule has 0 saturated carbocycles. The summed E-state index contributed by atoms with van der Waals surface area (Å²) in [5, 5.41) is 2.93. The molecule has 0 radical (unpaired) electrons. The van der Waals surface area contributed by atoms with E-state index in [1.165, 1.54) is 17.5 Å². The van der Waals surface area contributed by atoms with E-state index in [0.717, 1.165) is 35.2 Å². The first-order chi connectivity index (χ1) is 13.8. The number of sulfonamides is 1. The summed E-state index contributed by atoms with van der Waals surface area (Å²) in [7, 11) is -2.26. The Morgan fingerprint density at radius 1 is 1.07 bits per heavy atom. The molecular weight excluding hydrogens is 388 g/mol. The largest absolute Gasteiger partial charge is 0.496 e. The van der Waals surface area contributed by atoms with Gasteiger partial charge < -0.3 is 10.1 Å². The summed E-state index contributed by atoms with van der Waals surface area (Å²) < 4.78 is 32.5. The number of benzene rings is 2. The van der Waals surface area contributed by atoms with Crippen LogP contribution in [-0.4, -0.2) is 38.8 Å². The minimum atomic E-state index is -3.80. The highest BCUT2D eigenvalue weighted by Crippen LogP contribution is 2.25. The molecule has 0 aliphatic rings. The van der Waals surface area contributed by atoms with Gasteiger partial charge in [0, 0.05) is 12.2 Å². The van der Waals surface area contributed by atoms with E-state index in [0.29, 0.717) is 5.75 Å². The summed E-state index contributed by atoms with van der Waals surface area (Å²) in [6, 6.07) is 10.6. The summed E-state index contributed by atoms with van der Waals surface area (Å²) in [5.41, 5.74) is 3.58. The lowest BCUT2D eigenvalue weighted by molar-refractivity contribution is -0.116. The second-order valence-corrected chi connectivity index (χ2v) is 8.71. The molecule has 0 spiro atoms. The SMILES string of the molecule is CCc1cccc(CC)c1NC(=O)CN(CC)S(=O)(=O)c1ccc(OC)c(C)c1. The van der Waals surface area contributed by atoms with Gasteiger partial charge in [-0.05, 0) is 54.7 Å². The topological polar surface area (TPSA) is 75.7 Å². The lowest BCUT2D eigenvalue weighted by Gasteiger charge is -2.22. The maximum absolute atomic E-state index is 13.1. The fourth-order valence-corrected chi connectivity index (χ4v) is 4.76. The molecule has 0 aliphatic carbocycles. The van der Waals surface area contributed by atoms with Crippen molar-refractivity contribution in [3.05, 3.63) is 53.1 Å². The Balaban J connectivity index is 2.25. The van der Waals surface area contributed by atoms with Gasteiger partial charge in [-0.1, -0.05) is 39.0 Å².